The van der Waals surface area contributed by atoms with Gasteiger partial charge in [0.15, 0.2) is 0 Å². The number of carboxylic acids is 1. The monoisotopic (exact) mass is 403 g/mol. The fraction of sp³-hybridized carbons (Fsp3) is 0.524. The second-order valence-corrected chi connectivity index (χ2v) is 8.33. The summed E-state index contributed by atoms with van der Waals surface area (Å²) in [5, 5.41) is 9.69. The predicted octanol–water partition coefficient (Wildman–Crippen LogP) is 2.98. The molecular weight excluding hydrogens is 374 g/mol. The number of allylic oxidation sites excluding steroid dienone is 2. The van der Waals surface area contributed by atoms with E-state index in [0.717, 1.165) is 49.6 Å². The fourth-order valence-electron chi connectivity index (χ4n) is 3.73. The second kappa shape index (κ2) is 9.98. The van der Waals surface area contributed by atoms with Crippen molar-refractivity contribution in [1.29, 1.82) is 0 Å². The van der Waals surface area contributed by atoms with Gasteiger partial charge in [0.05, 0.1) is 18.8 Å². The summed E-state index contributed by atoms with van der Waals surface area (Å²) in [6.07, 6.45) is 7.61. The normalized spacial score (nSPS) is 20.4. The van der Waals surface area contributed by atoms with Gasteiger partial charge in [-0.15, -0.1) is 11.8 Å². The lowest BCUT2D eigenvalue weighted by atomic mass is 10.0. The topological polar surface area (TPSA) is 65.9 Å². The minimum absolute atomic E-state index is 0.167. The molecule has 152 valence electrons. The molecule has 3 heterocycles. The molecule has 6 nitrogen and oxygen atoms in total. The lowest BCUT2D eigenvalue weighted by Gasteiger charge is -2.44. The Bertz CT molecular complexity index is 730. The van der Waals surface area contributed by atoms with Gasteiger partial charge >= 0.3 is 5.97 Å². The van der Waals surface area contributed by atoms with Crippen LogP contribution in [0.1, 0.15) is 25.8 Å². The molecule has 0 radical (unpaired) electrons. The Labute approximate surface area is 171 Å². The molecule has 1 aromatic rings. The molecule has 2 aliphatic heterocycles. The van der Waals surface area contributed by atoms with Crippen molar-refractivity contribution in [1.82, 2.24) is 14.8 Å². The number of pyridine rings is 1. The number of rotatable bonds is 8. The highest BCUT2D eigenvalue weighted by Gasteiger charge is 2.35. The first-order valence-corrected chi connectivity index (χ1v) is 10.9. The van der Waals surface area contributed by atoms with Crippen LogP contribution in [0.5, 0.6) is 0 Å². The van der Waals surface area contributed by atoms with Crippen molar-refractivity contribution < 1.29 is 14.6 Å². The molecule has 1 fully saturated rings. The van der Waals surface area contributed by atoms with Crippen LogP contribution in [0.4, 0.5) is 0 Å². The first-order valence-electron chi connectivity index (χ1n) is 9.87. The van der Waals surface area contributed by atoms with Crippen molar-refractivity contribution >= 4 is 17.7 Å². The zero-order valence-electron chi connectivity index (χ0n) is 16.6. The molecule has 1 aromatic heterocycles. The van der Waals surface area contributed by atoms with Crippen LogP contribution < -0.4 is 0 Å². The minimum Gasteiger partial charge on any atom is -0.478 e. The lowest BCUT2D eigenvalue weighted by Crippen LogP contribution is -2.48. The summed E-state index contributed by atoms with van der Waals surface area (Å²) in [7, 11) is 0. The summed E-state index contributed by atoms with van der Waals surface area (Å²) in [5.74, 6) is 1.17. The van der Waals surface area contributed by atoms with Gasteiger partial charge in [0.2, 0.25) is 0 Å². The molecule has 28 heavy (non-hydrogen) atoms. The third-order valence-corrected chi connectivity index (χ3v) is 6.21. The van der Waals surface area contributed by atoms with Crippen LogP contribution in [0.3, 0.4) is 0 Å². The molecule has 0 saturated carbocycles. The van der Waals surface area contributed by atoms with Crippen LogP contribution >= 0.6 is 11.8 Å². The minimum atomic E-state index is -0.821. The number of carbonyl (C=O) groups is 1. The molecule has 0 bridgehead atoms. The van der Waals surface area contributed by atoms with E-state index in [4.69, 9.17) is 4.74 Å². The molecule has 1 atom stereocenters. The van der Waals surface area contributed by atoms with Crippen LogP contribution in [0, 0.1) is 0 Å². The van der Waals surface area contributed by atoms with Crippen molar-refractivity contribution in [3.05, 3.63) is 53.1 Å². The van der Waals surface area contributed by atoms with Gasteiger partial charge in [-0.1, -0.05) is 13.0 Å². The molecular formula is C21H29N3O3S. The maximum atomic E-state index is 12.0. The smallest absolute Gasteiger partial charge is 0.334 e. The highest BCUT2D eigenvalue weighted by Crippen LogP contribution is 2.35. The summed E-state index contributed by atoms with van der Waals surface area (Å²) in [4.78, 5) is 20.8. The van der Waals surface area contributed by atoms with Crippen molar-refractivity contribution in [3.8, 4) is 0 Å². The van der Waals surface area contributed by atoms with E-state index in [2.05, 4.69) is 27.8 Å². The van der Waals surface area contributed by atoms with Gasteiger partial charge in [-0.25, -0.2) is 4.79 Å². The van der Waals surface area contributed by atoms with Gasteiger partial charge in [-0.05, 0) is 48.8 Å². The van der Waals surface area contributed by atoms with Crippen molar-refractivity contribution in [2.75, 3.05) is 38.6 Å². The second-order valence-electron chi connectivity index (χ2n) is 6.97. The Kier molecular flexibility index (Phi) is 7.39. The Morgan fingerprint density at radius 1 is 1.39 bits per heavy atom. The molecule has 7 heteroatoms. The standard InChI is InChI=1S/C21H29N3O3S/c1-3-28-20-19(21(25)26)16(2)14-18(23-10-12-27-13-11-23)24(20)9-5-7-17-6-4-8-22-15-17/h4,6,8,14-15,20H,3,5,7,9-13H2,1-2H3,(H,25,26). The van der Waals surface area contributed by atoms with E-state index in [1.165, 1.54) is 5.56 Å². The lowest BCUT2D eigenvalue weighted by molar-refractivity contribution is -0.133. The van der Waals surface area contributed by atoms with Crippen molar-refractivity contribution in [2.45, 2.75) is 32.1 Å². The van der Waals surface area contributed by atoms with Gasteiger partial charge < -0.3 is 19.6 Å². The van der Waals surface area contributed by atoms with Gasteiger partial charge in [-0.3, -0.25) is 4.98 Å². The predicted molar refractivity (Wildman–Crippen MR) is 112 cm³/mol. The Morgan fingerprint density at radius 3 is 2.82 bits per heavy atom. The Morgan fingerprint density at radius 2 is 2.18 bits per heavy atom. The van der Waals surface area contributed by atoms with Gasteiger partial charge in [-0.2, -0.15) is 0 Å². The van der Waals surface area contributed by atoms with Crippen molar-refractivity contribution in [2.24, 2.45) is 0 Å². The van der Waals surface area contributed by atoms with Gasteiger partial charge in [0, 0.05) is 32.0 Å². The van der Waals surface area contributed by atoms with Crippen LogP contribution in [0.2, 0.25) is 0 Å². The van der Waals surface area contributed by atoms with E-state index in [-0.39, 0.29) is 5.37 Å². The summed E-state index contributed by atoms with van der Waals surface area (Å²) in [6, 6.07) is 4.05. The van der Waals surface area contributed by atoms with E-state index in [9.17, 15) is 9.90 Å². The quantitative estimate of drug-likeness (QED) is 0.716. The third-order valence-electron chi connectivity index (χ3n) is 5.07. The van der Waals surface area contributed by atoms with E-state index in [0.29, 0.717) is 18.8 Å². The zero-order chi connectivity index (χ0) is 19.9. The van der Waals surface area contributed by atoms with E-state index in [1.807, 2.05) is 25.3 Å². The highest BCUT2D eigenvalue weighted by molar-refractivity contribution is 8.00. The fourth-order valence-corrected chi connectivity index (χ4v) is 4.89. The molecule has 0 amide bonds. The number of ether oxygens (including phenoxy) is 1. The first-order chi connectivity index (χ1) is 13.6. The maximum Gasteiger partial charge on any atom is 0.334 e. The number of aliphatic carboxylic acids is 1. The summed E-state index contributed by atoms with van der Waals surface area (Å²) >= 11 is 1.69. The maximum absolute atomic E-state index is 12.0. The van der Waals surface area contributed by atoms with Crippen LogP contribution in [-0.2, 0) is 16.0 Å². The molecule has 0 aromatic carbocycles. The van der Waals surface area contributed by atoms with Gasteiger partial charge in [0.25, 0.3) is 0 Å². The molecule has 2 aliphatic rings. The average Bonchev–Trinajstić information content (AvgIpc) is 2.70. The number of thioether (sulfide) groups is 1. The first kappa shape index (κ1) is 20.7. The molecule has 0 aliphatic carbocycles. The highest BCUT2D eigenvalue weighted by atomic mass is 32.2. The van der Waals surface area contributed by atoms with Crippen molar-refractivity contribution in [3.63, 3.8) is 0 Å². The number of nitrogens with zero attached hydrogens (tertiary/aromatic N) is 3. The van der Waals surface area contributed by atoms with Gasteiger partial charge in [0.1, 0.15) is 11.2 Å². The SMILES string of the molecule is CCSC1C(C(=O)O)=C(C)C=C(N2CCOCC2)N1CCCc1cccnc1. The number of aryl methyl sites for hydroxylation is 1. The Hall–Kier alpha value is -1.99. The van der Waals surface area contributed by atoms with Crippen LogP contribution in [-0.4, -0.2) is 69.8 Å². The summed E-state index contributed by atoms with van der Waals surface area (Å²) in [6.45, 7) is 7.90. The number of hydrogen-bond donors (Lipinski definition) is 1. The molecule has 0 spiro atoms. The molecule has 1 unspecified atom stereocenters. The summed E-state index contributed by atoms with van der Waals surface area (Å²) < 4.78 is 5.52. The number of carboxylic acid groups (broad SMARTS) is 1. The number of morpholine rings is 1. The molecule has 3 rings (SSSR count). The van der Waals surface area contributed by atoms with E-state index in [1.54, 1.807) is 18.0 Å². The average molecular weight is 404 g/mol. The van der Waals surface area contributed by atoms with Crippen LogP contribution in [0.25, 0.3) is 0 Å². The van der Waals surface area contributed by atoms with Crippen LogP contribution in [0.15, 0.2) is 47.6 Å². The van der Waals surface area contributed by atoms with E-state index < -0.39 is 5.97 Å². The third kappa shape index (κ3) is 4.89. The number of hydrogen-bond acceptors (Lipinski definition) is 6. The molecule has 1 saturated heterocycles. The molecule has 1 N–H and O–H groups in total. The number of aromatic nitrogens is 1. The summed E-state index contributed by atoms with van der Waals surface area (Å²) in [5.41, 5.74) is 2.56. The Balaban J connectivity index is 1.84. The van der Waals surface area contributed by atoms with E-state index >= 15 is 0 Å². The zero-order valence-corrected chi connectivity index (χ0v) is 17.5. The largest absolute Gasteiger partial charge is 0.478 e.